The van der Waals surface area contributed by atoms with E-state index >= 15 is 0 Å². The molecule has 0 heterocycles. The first-order valence-corrected chi connectivity index (χ1v) is 4.83. The van der Waals surface area contributed by atoms with Crippen LogP contribution in [-0.2, 0) is 0 Å². The fourth-order valence-electron chi connectivity index (χ4n) is 1.06. The first kappa shape index (κ1) is 12.2. The van der Waals surface area contributed by atoms with Crippen LogP contribution in [0.2, 0.25) is 0 Å². The molecule has 1 aromatic carbocycles. The monoisotopic (exact) mass is 222 g/mol. The number of nitro groups is 1. The van der Waals surface area contributed by atoms with Crippen molar-refractivity contribution in [3.05, 3.63) is 33.9 Å². The predicted molar refractivity (Wildman–Crippen MR) is 62.1 cm³/mol. The van der Waals surface area contributed by atoms with Gasteiger partial charge in [0.05, 0.1) is 10.5 Å². The third-order valence-electron chi connectivity index (χ3n) is 1.83. The highest BCUT2D eigenvalue weighted by molar-refractivity contribution is 5.85. The van der Waals surface area contributed by atoms with Gasteiger partial charge in [-0.2, -0.15) is 0 Å². The molecule has 0 aliphatic carbocycles. The number of para-hydroxylation sites is 1. The Morgan fingerprint density at radius 1 is 1.44 bits per heavy atom. The smallest absolute Gasteiger partial charge is 0.311 e. The van der Waals surface area contributed by atoms with Crippen LogP contribution in [0, 0.1) is 10.1 Å². The van der Waals surface area contributed by atoms with E-state index in [4.69, 9.17) is 0 Å². The number of hydrogen-bond donors (Lipinski definition) is 1. The van der Waals surface area contributed by atoms with Crippen LogP contribution in [0.3, 0.4) is 0 Å². The molecule has 1 N–H and O–H groups in total. The van der Waals surface area contributed by atoms with Gasteiger partial charge >= 0.3 is 5.69 Å². The van der Waals surface area contributed by atoms with Gasteiger partial charge in [0.25, 0.3) is 0 Å². The third-order valence-corrected chi connectivity index (χ3v) is 1.83. The summed E-state index contributed by atoms with van der Waals surface area (Å²) in [6, 6.07) is 4.35. The van der Waals surface area contributed by atoms with Crippen LogP contribution >= 0.6 is 0 Å². The van der Waals surface area contributed by atoms with E-state index in [1.165, 1.54) is 18.3 Å². The van der Waals surface area contributed by atoms with Gasteiger partial charge < -0.3 is 5.11 Å². The summed E-state index contributed by atoms with van der Waals surface area (Å²) in [6.45, 7) is 5.70. The van der Waals surface area contributed by atoms with E-state index in [1.54, 1.807) is 6.07 Å². The average Bonchev–Trinajstić information content (AvgIpc) is 2.14. The SMILES string of the molecule is CC(C)(C)N=Cc1cccc([N+](=O)[O-])c1O. The van der Waals surface area contributed by atoms with Gasteiger partial charge in [-0.25, -0.2) is 0 Å². The maximum atomic E-state index is 10.6. The van der Waals surface area contributed by atoms with Gasteiger partial charge in [-0.15, -0.1) is 0 Å². The topological polar surface area (TPSA) is 75.7 Å². The zero-order valence-corrected chi connectivity index (χ0v) is 9.47. The van der Waals surface area contributed by atoms with Crippen LogP contribution in [0.25, 0.3) is 0 Å². The van der Waals surface area contributed by atoms with E-state index in [0.717, 1.165) is 0 Å². The van der Waals surface area contributed by atoms with Gasteiger partial charge in [0.2, 0.25) is 5.75 Å². The summed E-state index contributed by atoms with van der Waals surface area (Å²) in [7, 11) is 0. The van der Waals surface area contributed by atoms with Gasteiger partial charge in [-0.1, -0.05) is 6.07 Å². The Bertz CT molecular complexity index is 433. The Morgan fingerprint density at radius 3 is 2.56 bits per heavy atom. The molecule has 86 valence electrons. The molecule has 0 bridgehead atoms. The zero-order valence-electron chi connectivity index (χ0n) is 9.47. The number of aliphatic imine (C=N–C) groups is 1. The summed E-state index contributed by atoms with van der Waals surface area (Å²) < 4.78 is 0. The van der Waals surface area contributed by atoms with Crippen molar-refractivity contribution in [1.82, 2.24) is 0 Å². The maximum absolute atomic E-state index is 10.6. The summed E-state index contributed by atoms with van der Waals surface area (Å²) in [6.07, 6.45) is 1.45. The van der Waals surface area contributed by atoms with Crippen LogP contribution < -0.4 is 0 Å². The maximum Gasteiger partial charge on any atom is 0.311 e. The molecule has 0 radical (unpaired) electrons. The second-order valence-corrected chi connectivity index (χ2v) is 4.40. The van der Waals surface area contributed by atoms with Crippen molar-refractivity contribution in [3.63, 3.8) is 0 Å². The zero-order chi connectivity index (χ0) is 12.3. The molecular weight excluding hydrogens is 208 g/mol. The second kappa shape index (κ2) is 4.30. The fraction of sp³-hybridized carbons (Fsp3) is 0.364. The number of nitro benzene ring substituents is 1. The number of rotatable bonds is 2. The van der Waals surface area contributed by atoms with Gasteiger partial charge in [0.15, 0.2) is 0 Å². The van der Waals surface area contributed by atoms with Crippen LogP contribution in [0.15, 0.2) is 23.2 Å². The minimum absolute atomic E-state index is 0.281. The number of benzene rings is 1. The molecule has 0 amide bonds. The molecule has 1 aromatic rings. The van der Waals surface area contributed by atoms with Gasteiger partial charge in [0.1, 0.15) is 0 Å². The van der Waals surface area contributed by atoms with E-state index in [1.807, 2.05) is 20.8 Å². The summed E-state index contributed by atoms with van der Waals surface area (Å²) in [5, 5.41) is 20.2. The first-order chi connectivity index (χ1) is 7.31. The molecule has 0 spiro atoms. The Hall–Kier alpha value is -1.91. The average molecular weight is 222 g/mol. The lowest BCUT2D eigenvalue weighted by molar-refractivity contribution is -0.385. The van der Waals surface area contributed by atoms with Gasteiger partial charge in [-0.3, -0.25) is 15.1 Å². The Kier molecular flexibility index (Phi) is 3.27. The summed E-state index contributed by atoms with van der Waals surface area (Å²) in [5.74, 6) is -0.347. The lowest BCUT2D eigenvalue weighted by Crippen LogP contribution is -2.09. The molecule has 16 heavy (non-hydrogen) atoms. The van der Waals surface area contributed by atoms with Gasteiger partial charge in [0, 0.05) is 17.8 Å². The van der Waals surface area contributed by atoms with Crippen LogP contribution in [0.1, 0.15) is 26.3 Å². The normalized spacial score (nSPS) is 11.9. The number of phenolic OH excluding ortho intramolecular Hbond substituents is 1. The molecule has 0 saturated carbocycles. The number of aromatic hydroxyl groups is 1. The molecule has 5 heteroatoms. The molecule has 0 aliphatic rings. The van der Waals surface area contributed by atoms with Crippen molar-refractivity contribution in [2.45, 2.75) is 26.3 Å². The highest BCUT2D eigenvalue weighted by atomic mass is 16.6. The minimum atomic E-state index is -0.621. The Labute approximate surface area is 93.6 Å². The Morgan fingerprint density at radius 2 is 2.06 bits per heavy atom. The molecule has 1 rings (SSSR count). The second-order valence-electron chi connectivity index (χ2n) is 4.40. The third kappa shape index (κ3) is 3.05. The fourth-order valence-corrected chi connectivity index (χ4v) is 1.06. The van der Waals surface area contributed by atoms with Crippen LogP contribution in [0.5, 0.6) is 5.75 Å². The van der Waals surface area contributed by atoms with Crippen molar-refractivity contribution in [3.8, 4) is 5.75 Å². The molecule has 0 aromatic heterocycles. The van der Waals surface area contributed by atoms with E-state index in [9.17, 15) is 15.2 Å². The summed E-state index contributed by atoms with van der Waals surface area (Å²) in [5.41, 5.74) is -0.237. The van der Waals surface area contributed by atoms with Crippen LogP contribution in [-0.4, -0.2) is 21.8 Å². The lowest BCUT2D eigenvalue weighted by atomic mass is 10.1. The van der Waals surface area contributed by atoms with Crippen molar-refractivity contribution >= 4 is 11.9 Å². The molecule has 0 fully saturated rings. The minimum Gasteiger partial charge on any atom is -0.502 e. The number of phenols is 1. The number of nitrogens with zero attached hydrogens (tertiary/aromatic N) is 2. The standard InChI is InChI=1S/C11H14N2O3/c1-11(2,3)12-7-8-5-4-6-9(10(8)14)13(15)16/h4-7,14H,1-3H3. The highest BCUT2D eigenvalue weighted by Crippen LogP contribution is 2.28. The predicted octanol–water partition coefficient (Wildman–Crippen LogP) is 2.52. The lowest BCUT2D eigenvalue weighted by Gasteiger charge is -2.10. The highest BCUT2D eigenvalue weighted by Gasteiger charge is 2.15. The first-order valence-electron chi connectivity index (χ1n) is 4.83. The van der Waals surface area contributed by atoms with E-state index in [-0.39, 0.29) is 17.0 Å². The van der Waals surface area contributed by atoms with Gasteiger partial charge in [-0.05, 0) is 26.8 Å². The van der Waals surface area contributed by atoms with E-state index in [2.05, 4.69) is 4.99 Å². The molecule has 0 aliphatic heterocycles. The Balaban J connectivity index is 3.12. The van der Waals surface area contributed by atoms with E-state index < -0.39 is 4.92 Å². The van der Waals surface area contributed by atoms with Crippen molar-refractivity contribution in [2.24, 2.45) is 4.99 Å². The molecule has 0 saturated heterocycles. The molecule has 0 atom stereocenters. The number of hydrogen-bond acceptors (Lipinski definition) is 4. The van der Waals surface area contributed by atoms with Crippen molar-refractivity contribution in [1.29, 1.82) is 0 Å². The van der Waals surface area contributed by atoms with E-state index in [0.29, 0.717) is 5.56 Å². The summed E-state index contributed by atoms with van der Waals surface area (Å²) >= 11 is 0. The molecular formula is C11H14N2O3. The molecule has 0 unspecified atom stereocenters. The quantitative estimate of drug-likeness (QED) is 0.474. The summed E-state index contributed by atoms with van der Waals surface area (Å²) in [4.78, 5) is 14.1. The molecule has 5 nitrogen and oxygen atoms in total. The van der Waals surface area contributed by atoms with Crippen molar-refractivity contribution in [2.75, 3.05) is 0 Å². The van der Waals surface area contributed by atoms with Crippen molar-refractivity contribution < 1.29 is 10.0 Å². The van der Waals surface area contributed by atoms with Crippen LogP contribution in [0.4, 0.5) is 5.69 Å². The largest absolute Gasteiger partial charge is 0.502 e.